The normalized spacial score (nSPS) is 19.9. The maximum absolute atomic E-state index is 14.2. The average molecular weight is 517 g/mol. The Kier molecular flexibility index (Phi) is 6.30. The van der Waals surface area contributed by atoms with Crippen molar-refractivity contribution in [2.75, 3.05) is 13.2 Å². The van der Waals surface area contributed by atoms with Crippen LogP contribution in [0.2, 0.25) is 0 Å². The second kappa shape index (κ2) is 8.92. The van der Waals surface area contributed by atoms with Gasteiger partial charge in [-0.15, -0.1) is 0 Å². The Hall–Kier alpha value is -1.79. The van der Waals surface area contributed by atoms with Crippen LogP contribution in [0.1, 0.15) is 33.9 Å². The molecule has 0 saturated carbocycles. The summed E-state index contributed by atoms with van der Waals surface area (Å²) in [6, 6.07) is 26.7. The third-order valence-electron chi connectivity index (χ3n) is 5.03. The van der Waals surface area contributed by atoms with Crippen molar-refractivity contribution in [2.45, 2.75) is 12.5 Å². The highest BCUT2D eigenvalue weighted by atomic mass is 127. The quantitative estimate of drug-likeness (QED) is 0.302. The Bertz CT molecular complexity index is 1000. The van der Waals surface area contributed by atoms with Crippen LogP contribution in [0.25, 0.3) is 0 Å². The molecular formula is C23H21INO3P. The fourth-order valence-corrected chi connectivity index (χ4v) is 6.87. The van der Waals surface area contributed by atoms with Crippen molar-refractivity contribution in [1.82, 2.24) is 4.67 Å². The molecule has 1 atom stereocenters. The highest BCUT2D eigenvalue weighted by Crippen LogP contribution is 2.60. The van der Waals surface area contributed by atoms with Gasteiger partial charge in [0.2, 0.25) is 0 Å². The Morgan fingerprint density at radius 2 is 1.45 bits per heavy atom. The molecule has 1 saturated heterocycles. The zero-order valence-corrected chi connectivity index (χ0v) is 18.8. The van der Waals surface area contributed by atoms with Gasteiger partial charge in [0.25, 0.3) is 5.52 Å². The molecule has 1 fully saturated rings. The second-order valence-corrected chi connectivity index (χ2v) is 10.3. The zero-order chi connectivity index (χ0) is 20.3. The van der Waals surface area contributed by atoms with Gasteiger partial charge in [-0.05, 0) is 52.3 Å². The number of halogens is 1. The molecule has 0 radical (unpaired) electrons. The number of carbonyl (C=O) groups excluding carboxylic acids is 1. The van der Waals surface area contributed by atoms with Gasteiger partial charge in [0.05, 0.1) is 12.6 Å². The average Bonchev–Trinajstić information content (AvgIpc) is 2.77. The predicted molar refractivity (Wildman–Crippen MR) is 123 cm³/mol. The van der Waals surface area contributed by atoms with Gasteiger partial charge in [0.15, 0.2) is 0 Å². The molecule has 6 heteroatoms. The van der Waals surface area contributed by atoms with E-state index in [-0.39, 0.29) is 6.04 Å². The van der Waals surface area contributed by atoms with E-state index in [2.05, 4.69) is 22.6 Å². The van der Waals surface area contributed by atoms with Crippen molar-refractivity contribution >= 4 is 35.6 Å². The lowest BCUT2D eigenvalue weighted by molar-refractivity contribution is 0.0995. The van der Waals surface area contributed by atoms with Gasteiger partial charge in [-0.3, -0.25) is 9.36 Å². The molecule has 1 unspecified atom stereocenters. The fraction of sp³-hybridized carbons (Fsp3) is 0.174. The van der Waals surface area contributed by atoms with Gasteiger partial charge >= 0.3 is 7.52 Å². The summed E-state index contributed by atoms with van der Waals surface area (Å²) < 4.78 is 22.5. The molecule has 4 nitrogen and oxygen atoms in total. The molecule has 3 aromatic rings. The van der Waals surface area contributed by atoms with Crippen LogP contribution in [0.15, 0.2) is 84.9 Å². The monoisotopic (exact) mass is 517 g/mol. The first-order chi connectivity index (χ1) is 14.1. The minimum atomic E-state index is -3.76. The topological polar surface area (TPSA) is 46.6 Å². The van der Waals surface area contributed by atoms with Gasteiger partial charge in [-0.1, -0.05) is 72.8 Å². The van der Waals surface area contributed by atoms with Gasteiger partial charge < -0.3 is 4.52 Å². The highest BCUT2D eigenvalue weighted by Gasteiger charge is 2.47. The van der Waals surface area contributed by atoms with Crippen molar-refractivity contribution in [3.05, 3.63) is 105 Å². The van der Waals surface area contributed by atoms with Crippen molar-refractivity contribution in [2.24, 2.45) is 0 Å². The number of benzene rings is 3. The van der Waals surface area contributed by atoms with E-state index in [1.807, 2.05) is 72.8 Å². The van der Waals surface area contributed by atoms with Crippen LogP contribution < -0.4 is 0 Å². The van der Waals surface area contributed by atoms with Gasteiger partial charge in [0.1, 0.15) is 0 Å². The van der Waals surface area contributed by atoms with Gasteiger partial charge in [-0.2, -0.15) is 0 Å². The maximum Gasteiger partial charge on any atom is 0.343 e. The minimum absolute atomic E-state index is 0.319. The van der Waals surface area contributed by atoms with E-state index < -0.39 is 13.0 Å². The molecule has 0 spiro atoms. The first-order valence-corrected chi connectivity index (χ1v) is 12.2. The summed E-state index contributed by atoms with van der Waals surface area (Å²) in [5.74, 6) is 0. The van der Waals surface area contributed by atoms with Gasteiger partial charge in [-0.25, -0.2) is 4.67 Å². The van der Waals surface area contributed by atoms with Crippen LogP contribution in [0.3, 0.4) is 0 Å². The lowest BCUT2D eigenvalue weighted by Crippen LogP contribution is -2.35. The van der Waals surface area contributed by atoms with Crippen LogP contribution >= 0.6 is 30.1 Å². The maximum atomic E-state index is 14.2. The smallest absolute Gasteiger partial charge is 0.312 e. The standard InChI is InChI=1S/C23H21INO3P/c24-21-15-8-7-14-20(21)23(26)29(27)25(16-9-17-28-29)22(18-10-3-1-4-11-18)19-12-5-2-6-13-19/h1-8,10-15,22H,9,16-17H2. The van der Waals surface area contributed by atoms with E-state index >= 15 is 0 Å². The summed E-state index contributed by atoms with van der Waals surface area (Å²) in [7, 11) is -3.76. The van der Waals surface area contributed by atoms with Crippen molar-refractivity contribution < 1.29 is 13.9 Å². The van der Waals surface area contributed by atoms with E-state index in [4.69, 9.17) is 4.52 Å². The second-order valence-electron chi connectivity index (χ2n) is 6.88. The molecule has 1 aliphatic rings. The van der Waals surface area contributed by atoms with E-state index in [1.165, 1.54) is 0 Å². The van der Waals surface area contributed by atoms with Crippen molar-refractivity contribution in [1.29, 1.82) is 0 Å². The number of hydrogen-bond acceptors (Lipinski definition) is 3. The van der Waals surface area contributed by atoms with Crippen molar-refractivity contribution in [3.8, 4) is 0 Å². The lowest BCUT2D eigenvalue weighted by Gasteiger charge is -2.39. The minimum Gasteiger partial charge on any atom is -0.312 e. The molecule has 0 amide bonds. The Labute approximate surface area is 184 Å². The van der Waals surface area contributed by atoms with Gasteiger partial charge in [0, 0.05) is 15.7 Å². The van der Waals surface area contributed by atoms with E-state index in [9.17, 15) is 9.36 Å². The number of rotatable bonds is 5. The van der Waals surface area contributed by atoms with Crippen LogP contribution in [-0.4, -0.2) is 23.3 Å². The first-order valence-electron chi connectivity index (χ1n) is 9.52. The Morgan fingerprint density at radius 3 is 2.03 bits per heavy atom. The first kappa shape index (κ1) is 20.5. The summed E-state index contributed by atoms with van der Waals surface area (Å²) in [5.41, 5.74) is 1.99. The molecule has 4 rings (SSSR count). The third-order valence-corrected chi connectivity index (χ3v) is 8.36. The summed E-state index contributed by atoms with van der Waals surface area (Å²) in [5, 5.41) is 0. The molecule has 3 aromatic carbocycles. The highest BCUT2D eigenvalue weighted by molar-refractivity contribution is 14.1. The summed E-state index contributed by atoms with van der Waals surface area (Å²) >= 11 is 2.11. The molecule has 29 heavy (non-hydrogen) atoms. The molecule has 1 heterocycles. The Balaban J connectivity index is 1.83. The molecule has 148 valence electrons. The molecule has 0 aromatic heterocycles. The summed E-state index contributed by atoms with van der Waals surface area (Å²) in [6.07, 6.45) is 0.722. The summed E-state index contributed by atoms with van der Waals surface area (Å²) in [4.78, 5) is 13.5. The van der Waals surface area contributed by atoms with E-state index in [0.29, 0.717) is 18.7 Å². The number of hydrogen-bond donors (Lipinski definition) is 0. The van der Waals surface area contributed by atoms with Crippen molar-refractivity contribution in [3.63, 3.8) is 0 Å². The largest absolute Gasteiger partial charge is 0.343 e. The molecular weight excluding hydrogens is 496 g/mol. The molecule has 0 bridgehead atoms. The lowest BCUT2D eigenvalue weighted by atomic mass is 9.98. The van der Waals surface area contributed by atoms with Crippen LogP contribution in [0.4, 0.5) is 0 Å². The molecule has 1 aliphatic heterocycles. The Morgan fingerprint density at radius 1 is 0.897 bits per heavy atom. The molecule has 0 aliphatic carbocycles. The third kappa shape index (κ3) is 4.10. The SMILES string of the molecule is O=C(c1ccccc1I)P1(=O)OCCCN1C(c1ccccc1)c1ccccc1. The van der Waals surface area contributed by atoms with E-state index in [1.54, 1.807) is 16.8 Å². The number of nitrogens with zero attached hydrogens (tertiary/aromatic N) is 1. The summed E-state index contributed by atoms with van der Waals surface area (Å²) in [6.45, 7) is 0.847. The van der Waals surface area contributed by atoms with Crippen LogP contribution in [-0.2, 0) is 9.09 Å². The zero-order valence-electron chi connectivity index (χ0n) is 15.8. The van der Waals surface area contributed by atoms with Crippen LogP contribution in [0, 0.1) is 3.57 Å². The predicted octanol–water partition coefficient (Wildman–Crippen LogP) is 6.14. The fourth-order valence-electron chi connectivity index (χ4n) is 3.67. The van der Waals surface area contributed by atoms with E-state index in [0.717, 1.165) is 21.1 Å². The van der Waals surface area contributed by atoms with Crippen LogP contribution in [0.5, 0.6) is 0 Å². The number of carbonyl (C=O) groups is 1. The molecule has 0 N–H and O–H groups in total.